The molecular weight excluding hydrogens is 170 g/mol. The number of hydrogen-bond acceptors (Lipinski definition) is 1. The first-order valence-electron chi connectivity index (χ1n) is 5.41. The van der Waals surface area contributed by atoms with Gasteiger partial charge >= 0.3 is 0 Å². The third-order valence-electron chi connectivity index (χ3n) is 3.19. The average molecular weight is 189 g/mol. The van der Waals surface area contributed by atoms with Crippen molar-refractivity contribution in [3.63, 3.8) is 0 Å². The molecule has 14 heavy (non-hydrogen) atoms. The van der Waals surface area contributed by atoms with Gasteiger partial charge in [-0.15, -0.1) is 0 Å². The molecule has 76 valence electrons. The molecule has 1 fully saturated rings. The largest absolute Gasteiger partial charge is 0.328 e. The summed E-state index contributed by atoms with van der Waals surface area (Å²) in [6.45, 7) is 6.45. The zero-order chi connectivity index (χ0) is 10.3. The van der Waals surface area contributed by atoms with Gasteiger partial charge < -0.3 is 5.73 Å². The van der Waals surface area contributed by atoms with Gasteiger partial charge in [-0.3, -0.25) is 0 Å². The lowest BCUT2D eigenvalue weighted by atomic mass is 10.0. The van der Waals surface area contributed by atoms with Gasteiger partial charge in [-0.2, -0.15) is 0 Å². The molecule has 3 atom stereocenters. The van der Waals surface area contributed by atoms with E-state index < -0.39 is 0 Å². The molecule has 0 saturated heterocycles. The summed E-state index contributed by atoms with van der Waals surface area (Å²) in [4.78, 5) is 0. The number of rotatable bonds is 2. The van der Waals surface area contributed by atoms with Crippen molar-refractivity contribution in [1.82, 2.24) is 0 Å². The molecule has 3 unspecified atom stereocenters. The minimum atomic E-state index is 0.348. The van der Waals surface area contributed by atoms with Crippen LogP contribution in [-0.4, -0.2) is 6.04 Å². The van der Waals surface area contributed by atoms with Crippen molar-refractivity contribution in [3.05, 3.63) is 34.9 Å². The highest BCUT2D eigenvalue weighted by Gasteiger charge is 2.40. The summed E-state index contributed by atoms with van der Waals surface area (Å²) in [5, 5.41) is 0. The molecule has 0 aliphatic heterocycles. The topological polar surface area (TPSA) is 26.0 Å². The summed E-state index contributed by atoms with van der Waals surface area (Å²) in [5.74, 6) is 1.45. The van der Waals surface area contributed by atoms with Gasteiger partial charge in [0, 0.05) is 6.04 Å². The Labute approximate surface area is 86.3 Å². The molecule has 0 heterocycles. The van der Waals surface area contributed by atoms with Crippen LogP contribution < -0.4 is 5.73 Å². The van der Waals surface area contributed by atoms with Crippen molar-refractivity contribution in [1.29, 1.82) is 0 Å². The molecule has 1 aliphatic rings. The van der Waals surface area contributed by atoms with Crippen molar-refractivity contribution in [2.75, 3.05) is 0 Å². The first-order valence-corrected chi connectivity index (χ1v) is 5.41. The fraction of sp³-hybridized carbons (Fsp3) is 0.538. The van der Waals surface area contributed by atoms with Gasteiger partial charge in [-0.25, -0.2) is 0 Å². The number of hydrogen-bond donors (Lipinski definition) is 1. The van der Waals surface area contributed by atoms with E-state index >= 15 is 0 Å². The molecule has 0 amide bonds. The molecule has 1 aromatic rings. The molecule has 1 heteroatoms. The van der Waals surface area contributed by atoms with Crippen LogP contribution in [0.1, 0.15) is 36.0 Å². The van der Waals surface area contributed by atoms with E-state index in [2.05, 4.69) is 39.0 Å². The maximum atomic E-state index is 5.90. The predicted molar refractivity (Wildman–Crippen MR) is 60.4 cm³/mol. The Balaban J connectivity index is 2.19. The fourth-order valence-electron chi connectivity index (χ4n) is 2.40. The first kappa shape index (κ1) is 9.72. The summed E-state index contributed by atoms with van der Waals surface area (Å²) in [7, 11) is 0. The Morgan fingerprint density at radius 3 is 2.21 bits per heavy atom. The van der Waals surface area contributed by atoms with Crippen molar-refractivity contribution in [2.45, 2.75) is 39.2 Å². The third-order valence-corrected chi connectivity index (χ3v) is 3.19. The molecule has 0 bridgehead atoms. The molecule has 1 saturated carbocycles. The number of benzene rings is 1. The molecular formula is C13H19N. The van der Waals surface area contributed by atoms with Crippen LogP contribution >= 0.6 is 0 Å². The second-order valence-corrected chi connectivity index (χ2v) is 4.79. The third kappa shape index (κ3) is 1.83. The van der Waals surface area contributed by atoms with Crippen LogP contribution in [0.4, 0.5) is 0 Å². The van der Waals surface area contributed by atoms with Crippen LogP contribution in [0.5, 0.6) is 0 Å². The minimum absolute atomic E-state index is 0.348. The van der Waals surface area contributed by atoms with E-state index in [1.54, 1.807) is 0 Å². The van der Waals surface area contributed by atoms with Gasteiger partial charge in [0.15, 0.2) is 0 Å². The van der Waals surface area contributed by atoms with E-state index in [0.717, 1.165) is 11.8 Å². The molecule has 0 spiro atoms. The summed E-state index contributed by atoms with van der Waals surface area (Å²) in [6, 6.07) is 7.19. The molecule has 0 aromatic heterocycles. The standard InChI is InChI=1S/C13H19N/c1-8-4-9(2)6-11(5-8)13-7-12(13)10(3)14/h4-6,10,12-13H,7,14H2,1-3H3. The second-order valence-electron chi connectivity index (χ2n) is 4.79. The van der Waals surface area contributed by atoms with Crippen LogP contribution in [0.2, 0.25) is 0 Å². The smallest absolute Gasteiger partial charge is 0.00448 e. The quantitative estimate of drug-likeness (QED) is 0.760. The maximum Gasteiger partial charge on any atom is 0.00448 e. The molecule has 2 rings (SSSR count). The van der Waals surface area contributed by atoms with E-state index in [9.17, 15) is 0 Å². The first-order chi connectivity index (χ1) is 6.58. The summed E-state index contributed by atoms with van der Waals surface area (Å²) >= 11 is 0. The lowest BCUT2D eigenvalue weighted by molar-refractivity contribution is 0.631. The maximum absolute atomic E-state index is 5.90. The molecule has 0 radical (unpaired) electrons. The Bertz CT molecular complexity index is 321. The van der Waals surface area contributed by atoms with Crippen molar-refractivity contribution < 1.29 is 0 Å². The lowest BCUT2D eigenvalue weighted by Gasteiger charge is -2.06. The van der Waals surface area contributed by atoms with Gasteiger partial charge in [0.25, 0.3) is 0 Å². The predicted octanol–water partition coefficient (Wildman–Crippen LogP) is 2.75. The molecule has 1 aromatic carbocycles. The number of nitrogens with two attached hydrogens (primary N) is 1. The fourth-order valence-corrected chi connectivity index (χ4v) is 2.40. The number of aryl methyl sites for hydroxylation is 2. The lowest BCUT2D eigenvalue weighted by Crippen LogP contribution is -2.17. The van der Waals surface area contributed by atoms with Crippen molar-refractivity contribution in [3.8, 4) is 0 Å². The van der Waals surface area contributed by atoms with Gasteiger partial charge in [-0.1, -0.05) is 29.3 Å². The van der Waals surface area contributed by atoms with E-state index in [4.69, 9.17) is 5.73 Å². The zero-order valence-electron chi connectivity index (χ0n) is 9.25. The highest BCUT2D eigenvalue weighted by molar-refractivity contribution is 5.34. The Kier molecular flexibility index (Phi) is 2.36. The Morgan fingerprint density at radius 1 is 1.21 bits per heavy atom. The summed E-state index contributed by atoms with van der Waals surface area (Å²) in [5.41, 5.74) is 10.1. The van der Waals surface area contributed by atoms with E-state index in [1.165, 1.54) is 23.1 Å². The highest BCUT2D eigenvalue weighted by atomic mass is 14.7. The summed E-state index contributed by atoms with van der Waals surface area (Å²) in [6.07, 6.45) is 1.28. The van der Waals surface area contributed by atoms with Crippen molar-refractivity contribution in [2.24, 2.45) is 11.7 Å². The van der Waals surface area contributed by atoms with Crippen LogP contribution in [0.25, 0.3) is 0 Å². The van der Waals surface area contributed by atoms with Gasteiger partial charge in [0.2, 0.25) is 0 Å². The SMILES string of the molecule is Cc1cc(C)cc(C2CC2C(C)N)c1. The molecule has 2 N–H and O–H groups in total. The zero-order valence-corrected chi connectivity index (χ0v) is 9.25. The Morgan fingerprint density at radius 2 is 1.79 bits per heavy atom. The van der Waals surface area contributed by atoms with Crippen LogP contribution in [0.15, 0.2) is 18.2 Å². The van der Waals surface area contributed by atoms with Gasteiger partial charge in [0.1, 0.15) is 0 Å². The van der Waals surface area contributed by atoms with Crippen molar-refractivity contribution >= 4 is 0 Å². The normalized spacial score (nSPS) is 27.4. The van der Waals surface area contributed by atoms with E-state index in [1.807, 2.05) is 0 Å². The molecule has 1 nitrogen and oxygen atoms in total. The van der Waals surface area contributed by atoms with E-state index in [-0.39, 0.29) is 0 Å². The van der Waals surface area contributed by atoms with Crippen LogP contribution in [0.3, 0.4) is 0 Å². The Hall–Kier alpha value is -0.820. The van der Waals surface area contributed by atoms with Crippen LogP contribution in [-0.2, 0) is 0 Å². The average Bonchev–Trinajstić information content (AvgIpc) is 2.79. The van der Waals surface area contributed by atoms with Gasteiger partial charge in [-0.05, 0) is 44.6 Å². The monoisotopic (exact) mass is 189 g/mol. The highest BCUT2D eigenvalue weighted by Crippen LogP contribution is 2.49. The summed E-state index contributed by atoms with van der Waals surface area (Å²) < 4.78 is 0. The van der Waals surface area contributed by atoms with Gasteiger partial charge in [0.05, 0.1) is 0 Å². The van der Waals surface area contributed by atoms with E-state index in [0.29, 0.717) is 6.04 Å². The van der Waals surface area contributed by atoms with Crippen LogP contribution in [0, 0.1) is 19.8 Å². The molecule has 1 aliphatic carbocycles. The minimum Gasteiger partial charge on any atom is -0.328 e. The second kappa shape index (κ2) is 3.39.